The topological polar surface area (TPSA) is 73.9 Å². The second kappa shape index (κ2) is 3.87. The van der Waals surface area contributed by atoms with Crippen LogP contribution in [0.1, 0.15) is 5.89 Å². The number of ether oxygens (including phenoxy) is 1. The predicted molar refractivity (Wildman–Crippen MR) is 52.0 cm³/mol. The Morgan fingerprint density at radius 2 is 2.27 bits per heavy atom. The quantitative estimate of drug-likeness (QED) is 0.747. The van der Waals surface area contributed by atoms with Gasteiger partial charge < -0.3 is 9.26 Å². The largest absolute Gasteiger partial charge is 0.480 e. The zero-order chi connectivity index (χ0) is 10.7. The molecule has 6 nitrogen and oxygen atoms in total. The highest BCUT2D eigenvalue weighted by Crippen LogP contribution is 2.14. The van der Waals surface area contributed by atoms with E-state index in [-0.39, 0.29) is 0 Å². The third kappa shape index (κ3) is 1.83. The zero-order valence-electron chi connectivity index (χ0n) is 8.04. The fraction of sp³-hybridized carbons (Fsp3) is 0.111. The minimum Gasteiger partial charge on any atom is -0.480 e. The van der Waals surface area contributed by atoms with E-state index in [0.29, 0.717) is 23.3 Å². The summed E-state index contributed by atoms with van der Waals surface area (Å²) in [6, 6.07) is 3.37. The molecule has 0 radical (unpaired) electrons. The van der Waals surface area contributed by atoms with Crippen molar-refractivity contribution >= 4 is 6.08 Å². The van der Waals surface area contributed by atoms with Crippen molar-refractivity contribution in [3.05, 3.63) is 24.6 Å². The van der Waals surface area contributed by atoms with E-state index in [1.165, 1.54) is 13.2 Å². The average Bonchev–Trinajstić information content (AvgIpc) is 2.78. The van der Waals surface area contributed by atoms with Crippen LogP contribution in [0, 0.1) is 0 Å². The SMILES string of the molecule is C=Cc1nc(-c2ccc(OC)nn2)no1. The van der Waals surface area contributed by atoms with Gasteiger partial charge in [-0.2, -0.15) is 4.98 Å². The highest BCUT2D eigenvalue weighted by molar-refractivity contribution is 5.49. The van der Waals surface area contributed by atoms with Gasteiger partial charge >= 0.3 is 0 Å². The van der Waals surface area contributed by atoms with Crippen molar-refractivity contribution in [2.75, 3.05) is 7.11 Å². The molecule has 0 fully saturated rings. The van der Waals surface area contributed by atoms with Gasteiger partial charge in [-0.05, 0) is 12.1 Å². The van der Waals surface area contributed by atoms with E-state index in [2.05, 4.69) is 26.9 Å². The average molecular weight is 204 g/mol. The number of hydrogen-bond donors (Lipinski definition) is 0. The van der Waals surface area contributed by atoms with Gasteiger partial charge in [-0.1, -0.05) is 11.7 Å². The predicted octanol–water partition coefficient (Wildman–Crippen LogP) is 1.18. The van der Waals surface area contributed by atoms with Crippen molar-refractivity contribution in [3.63, 3.8) is 0 Å². The molecule has 0 aliphatic carbocycles. The van der Waals surface area contributed by atoms with Crippen LogP contribution in [0.4, 0.5) is 0 Å². The maximum Gasteiger partial charge on any atom is 0.250 e. The molecule has 15 heavy (non-hydrogen) atoms. The first-order valence-electron chi connectivity index (χ1n) is 4.17. The molecule has 2 heterocycles. The van der Waals surface area contributed by atoms with Crippen molar-refractivity contribution in [1.82, 2.24) is 20.3 Å². The van der Waals surface area contributed by atoms with Crippen molar-refractivity contribution in [2.45, 2.75) is 0 Å². The molecule has 2 aromatic heterocycles. The van der Waals surface area contributed by atoms with Crippen molar-refractivity contribution in [3.8, 4) is 17.4 Å². The van der Waals surface area contributed by atoms with Gasteiger partial charge in [0.05, 0.1) is 7.11 Å². The first kappa shape index (κ1) is 9.32. The van der Waals surface area contributed by atoms with Crippen molar-refractivity contribution in [2.24, 2.45) is 0 Å². The molecule has 0 amide bonds. The van der Waals surface area contributed by atoms with Gasteiger partial charge in [-0.3, -0.25) is 0 Å². The van der Waals surface area contributed by atoms with E-state index in [1.807, 2.05) is 0 Å². The Morgan fingerprint density at radius 3 is 2.80 bits per heavy atom. The lowest BCUT2D eigenvalue weighted by molar-refractivity contribution is 0.392. The summed E-state index contributed by atoms with van der Waals surface area (Å²) in [6.45, 7) is 3.51. The van der Waals surface area contributed by atoms with Gasteiger partial charge in [0.25, 0.3) is 0 Å². The Balaban J connectivity index is 2.32. The third-order valence-corrected chi connectivity index (χ3v) is 1.69. The van der Waals surface area contributed by atoms with Gasteiger partial charge in [0, 0.05) is 6.07 Å². The van der Waals surface area contributed by atoms with Crippen LogP contribution in [-0.4, -0.2) is 27.4 Å². The molecular formula is C9H8N4O2. The zero-order valence-corrected chi connectivity index (χ0v) is 8.04. The normalized spacial score (nSPS) is 9.93. The van der Waals surface area contributed by atoms with E-state index in [4.69, 9.17) is 9.26 Å². The molecular weight excluding hydrogens is 196 g/mol. The summed E-state index contributed by atoms with van der Waals surface area (Å²) in [7, 11) is 1.52. The van der Waals surface area contributed by atoms with Crippen LogP contribution < -0.4 is 4.74 Å². The van der Waals surface area contributed by atoms with E-state index >= 15 is 0 Å². The van der Waals surface area contributed by atoms with Gasteiger partial charge in [0.2, 0.25) is 17.6 Å². The molecule has 6 heteroatoms. The standard InChI is InChI=1S/C9H8N4O2/c1-3-7-10-9(13-15-7)6-4-5-8(14-2)12-11-6/h3-5H,1H2,2H3. The Labute approximate surface area is 85.6 Å². The fourth-order valence-corrected chi connectivity index (χ4v) is 0.970. The van der Waals surface area contributed by atoms with Crippen molar-refractivity contribution < 1.29 is 9.26 Å². The lowest BCUT2D eigenvalue weighted by Gasteiger charge is -1.96. The second-order valence-corrected chi connectivity index (χ2v) is 2.62. The highest BCUT2D eigenvalue weighted by Gasteiger charge is 2.08. The molecule has 0 aliphatic heterocycles. The minimum absolute atomic E-state index is 0.350. The van der Waals surface area contributed by atoms with Gasteiger partial charge in [-0.15, -0.1) is 10.2 Å². The first-order chi connectivity index (χ1) is 7.33. The maximum atomic E-state index is 4.88. The minimum atomic E-state index is 0.350. The number of hydrogen-bond acceptors (Lipinski definition) is 6. The van der Waals surface area contributed by atoms with Gasteiger partial charge in [0.15, 0.2) is 0 Å². The maximum absolute atomic E-state index is 4.88. The molecule has 0 saturated carbocycles. The van der Waals surface area contributed by atoms with E-state index in [9.17, 15) is 0 Å². The Bertz CT molecular complexity index is 463. The number of rotatable bonds is 3. The summed E-state index contributed by atoms with van der Waals surface area (Å²) in [4.78, 5) is 4.02. The van der Waals surface area contributed by atoms with Crippen LogP contribution in [0.15, 0.2) is 23.2 Å². The van der Waals surface area contributed by atoms with E-state index < -0.39 is 0 Å². The van der Waals surface area contributed by atoms with Gasteiger partial charge in [-0.25, -0.2) is 0 Å². The van der Waals surface area contributed by atoms with Crippen LogP contribution in [0.3, 0.4) is 0 Å². The Kier molecular flexibility index (Phi) is 2.40. The summed E-state index contributed by atoms with van der Waals surface area (Å²) in [6.07, 6.45) is 1.47. The van der Waals surface area contributed by atoms with Crippen molar-refractivity contribution in [1.29, 1.82) is 0 Å². The summed E-state index contributed by atoms with van der Waals surface area (Å²) >= 11 is 0. The molecule has 0 saturated heterocycles. The second-order valence-electron chi connectivity index (χ2n) is 2.62. The molecule has 2 aromatic rings. The lowest BCUT2D eigenvalue weighted by atomic mass is 10.4. The molecule has 0 unspecified atom stereocenters. The molecule has 2 rings (SSSR count). The molecule has 0 aliphatic rings. The monoisotopic (exact) mass is 204 g/mol. The molecule has 0 bridgehead atoms. The number of aromatic nitrogens is 4. The molecule has 0 N–H and O–H groups in total. The van der Waals surface area contributed by atoms with Crippen LogP contribution in [-0.2, 0) is 0 Å². The fourth-order valence-electron chi connectivity index (χ4n) is 0.970. The molecule has 0 atom stereocenters. The van der Waals surface area contributed by atoms with Crippen LogP contribution >= 0.6 is 0 Å². The lowest BCUT2D eigenvalue weighted by Crippen LogP contribution is -1.92. The Hall–Kier alpha value is -2.24. The molecule has 76 valence electrons. The van der Waals surface area contributed by atoms with Crippen LogP contribution in [0.5, 0.6) is 5.88 Å². The first-order valence-corrected chi connectivity index (χ1v) is 4.17. The van der Waals surface area contributed by atoms with E-state index in [0.717, 1.165) is 0 Å². The summed E-state index contributed by atoms with van der Waals surface area (Å²) in [5.41, 5.74) is 0.521. The number of nitrogens with zero attached hydrogens (tertiary/aromatic N) is 4. The summed E-state index contributed by atoms with van der Waals surface area (Å²) in [5, 5.41) is 11.4. The molecule has 0 aromatic carbocycles. The van der Waals surface area contributed by atoms with Crippen LogP contribution in [0.25, 0.3) is 17.6 Å². The number of methoxy groups -OCH3 is 1. The molecule has 0 spiro atoms. The summed E-state index contributed by atoms with van der Waals surface area (Å²) < 4.78 is 9.72. The van der Waals surface area contributed by atoms with E-state index in [1.54, 1.807) is 12.1 Å². The smallest absolute Gasteiger partial charge is 0.250 e. The summed E-state index contributed by atoms with van der Waals surface area (Å²) in [5.74, 6) is 1.16. The third-order valence-electron chi connectivity index (χ3n) is 1.69. The van der Waals surface area contributed by atoms with Gasteiger partial charge in [0.1, 0.15) is 5.69 Å². The van der Waals surface area contributed by atoms with Crippen LogP contribution in [0.2, 0.25) is 0 Å². The Morgan fingerprint density at radius 1 is 1.40 bits per heavy atom. The highest BCUT2D eigenvalue weighted by atomic mass is 16.5.